The van der Waals surface area contributed by atoms with Gasteiger partial charge in [-0.1, -0.05) is 30.8 Å². The van der Waals surface area contributed by atoms with Crippen LogP contribution in [0.15, 0.2) is 12.2 Å². The van der Waals surface area contributed by atoms with E-state index in [1.54, 1.807) is 0 Å². The summed E-state index contributed by atoms with van der Waals surface area (Å²) in [6.07, 6.45) is 6.27. The Morgan fingerprint density at radius 3 is 2.89 bits per heavy atom. The Labute approximate surface area is 110 Å². The second-order valence-electron chi connectivity index (χ2n) is 5.42. The van der Waals surface area contributed by atoms with Crippen molar-refractivity contribution in [1.82, 2.24) is 5.32 Å². The molecular weight excluding hydrogens is 250 g/mol. The van der Waals surface area contributed by atoms with E-state index in [-0.39, 0.29) is 28.9 Å². The molecule has 2 N–H and O–H groups in total. The summed E-state index contributed by atoms with van der Waals surface area (Å²) in [5.41, 5.74) is 0. The molecule has 1 aliphatic carbocycles. The van der Waals surface area contributed by atoms with Crippen LogP contribution in [0.4, 0.5) is 0 Å². The van der Waals surface area contributed by atoms with Gasteiger partial charge in [0.1, 0.15) is 4.75 Å². The summed E-state index contributed by atoms with van der Waals surface area (Å²) in [6.45, 7) is 1.82. The lowest BCUT2D eigenvalue weighted by Gasteiger charge is -2.48. The first-order chi connectivity index (χ1) is 8.57. The molecule has 0 radical (unpaired) electrons. The van der Waals surface area contributed by atoms with Crippen LogP contribution in [0.5, 0.6) is 0 Å². The van der Waals surface area contributed by atoms with Crippen molar-refractivity contribution < 1.29 is 14.7 Å². The second-order valence-corrected chi connectivity index (χ2v) is 6.70. The fraction of sp³-hybridized carbons (Fsp3) is 0.692. The Balaban J connectivity index is 1.89. The number of amides is 1. The monoisotopic (exact) mass is 267 g/mol. The predicted molar refractivity (Wildman–Crippen MR) is 68.9 cm³/mol. The average molecular weight is 267 g/mol. The lowest BCUT2D eigenvalue weighted by atomic mass is 9.73. The van der Waals surface area contributed by atoms with Gasteiger partial charge in [-0.25, -0.2) is 0 Å². The van der Waals surface area contributed by atoms with E-state index in [2.05, 4.69) is 11.4 Å². The molecule has 2 saturated heterocycles. The van der Waals surface area contributed by atoms with Gasteiger partial charge >= 0.3 is 0 Å². The minimum absolute atomic E-state index is 0.00194. The van der Waals surface area contributed by atoms with Crippen molar-refractivity contribution >= 4 is 22.8 Å². The van der Waals surface area contributed by atoms with E-state index in [1.807, 2.05) is 13.0 Å². The maximum Gasteiger partial charge on any atom is 0.241 e. The topological polar surface area (TPSA) is 66.4 Å². The number of allylic oxidation sites excluding steroid dienone is 1. The molecular formula is C13H17NO3S. The summed E-state index contributed by atoms with van der Waals surface area (Å²) >= 11 is 1.05. The van der Waals surface area contributed by atoms with Crippen LogP contribution in [0.25, 0.3) is 0 Å². The van der Waals surface area contributed by atoms with Crippen LogP contribution in [0.1, 0.15) is 26.2 Å². The lowest BCUT2D eigenvalue weighted by Crippen LogP contribution is -2.75. The number of carbonyl (C=O) groups is 2. The van der Waals surface area contributed by atoms with Crippen LogP contribution in [0, 0.1) is 11.8 Å². The summed E-state index contributed by atoms with van der Waals surface area (Å²) in [6, 6.07) is -0.201. The SMILES string of the molecule is CC1C(=O)S[C@@]2([C@@H](O)[C@H]3C=CCCC3)C(=O)N[C@@H]12. The van der Waals surface area contributed by atoms with Gasteiger partial charge in [-0.3, -0.25) is 9.59 Å². The summed E-state index contributed by atoms with van der Waals surface area (Å²) in [7, 11) is 0. The molecule has 0 aromatic heterocycles. The van der Waals surface area contributed by atoms with E-state index in [4.69, 9.17) is 0 Å². The Morgan fingerprint density at radius 2 is 2.33 bits per heavy atom. The van der Waals surface area contributed by atoms with Gasteiger partial charge in [0.15, 0.2) is 5.12 Å². The van der Waals surface area contributed by atoms with Crippen molar-refractivity contribution in [3.8, 4) is 0 Å². The molecule has 98 valence electrons. The minimum Gasteiger partial charge on any atom is -0.390 e. The van der Waals surface area contributed by atoms with Crippen molar-refractivity contribution in [1.29, 1.82) is 0 Å². The van der Waals surface area contributed by atoms with Crippen molar-refractivity contribution in [2.24, 2.45) is 11.8 Å². The number of rotatable bonds is 2. The van der Waals surface area contributed by atoms with Gasteiger partial charge in [0.25, 0.3) is 0 Å². The number of nitrogens with one attached hydrogen (secondary N) is 1. The standard InChI is InChI=1S/C13H17NO3S/c1-7-9-13(12(17)14-9,18-11(7)16)10(15)8-5-3-2-4-6-8/h3,5,7-10,15H,2,4,6H2,1H3,(H,14,17)/t7?,8-,9-,10-,13-/m0/s1. The van der Waals surface area contributed by atoms with E-state index >= 15 is 0 Å². The van der Waals surface area contributed by atoms with E-state index < -0.39 is 10.9 Å². The quantitative estimate of drug-likeness (QED) is 0.575. The maximum absolute atomic E-state index is 11.9. The number of hydrogen-bond donors (Lipinski definition) is 2. The van der Waals surface area contributed by atoms with Crippen molar-refractivity contribution in [2.45, 2.75) is 43.1 Å². The van der Waals surface area contributed by atoms with Crippen LogP contribution in [0.2, 0.25) is 0 Å². The van der Waals surface area contributed by atoms with Crippen molar-refractivity contribution in [2.75, 3.05) is 0 Å². The molecule has 5 atom stereocenters. The second kappa shape index (κ2) is 4.10. The van der Waals surface area contributed by atoms with E-state index in [9.17, 15) is 14.7 Å². The molecule has 5 heteroatoms. The summed E-state index contributed by atoms with van der Waals surface area (Å²) in [5, 5.41) is 13.4. The molecule has 2 heterocycles. The van der Waals surface area contributed by atoms with Crippen molar-refractivity contribution in [3.05, 3.63) is 12.2 Å². The van der Waals surface area contributed by atoms with E-state index in [0.29, 0.717) is 0 Å². The minimum atomic E-state index is -0.928. The summed E-state index contributed by atoms with van der Waals surface area (Å²) in [4.78, 5) is 23.8. The van der Waals surface area contributed by atoms with Crippen LogP contribution < -0.4 is 5.32 Å². The molecule has 0 aromatic rings. The number of thioether (sulfide) groups is 1. The van der Waals surface area contributed by atoms with Crippen LogP contribution >= 0.6 is 11.8 Å². The molecule has 3 aliphatic rings. The first-order valence-corrected chi connectivity index (χ1v) is 7.27. The molecule has 4 nitrogen and oxygen atoms in total. The third-order valence-corrected chi connectivity index (χ3v) is 5.97. The largest absolute Gasteiger partial charge is 0.390 e. The summed E-state index contributed by atoms with van der Waals surface area (Å²) < 4.78 is -0.928. The molecule has 2 fully saturated rings. The van der Waals surface area contributed by atoms with Gasteiger partial charge in [0.05, 0.1) is 12.1 Å². The molecule has 0 bridgehead atoms. The Kier molecular flexibility index (Phi) is 2.79. The molecule has 0 saturated carbocycles. The zero-order valence-corrected chi connectivity index (χ0v) is 11.1. The summed E-state index contributed by atoms with van der Waals surface area (Å²) in [5.74, 6) is -0.380. The molecule has 0 aromatic carbocycles. The van der Waals surface area contributed by atoms with E-state index in [0.717, 1.165) is 31.0 Å². The normalized spacial score (nSPS) is 44.2. The number of fused-ring (bicyclic) bond motifs is 1. The van der Waals surface area contributed by atoms with Crippen LogP contribution in [-0.4, -0.2) is 33.0 Å². The van der Waals surface area contributed by atoms with Gasteiger partial charge < -0.3 is 10.4 Å². The molecule has 1 amide bonds. The molecule has 3 rings (SSSR count). The molecule has 1 unspecified atom stereocenters. The van der Waals surface area contributed by atoms with Gasteiger partial charge in [0.2, 0.25) is 5.91 Å². The maximum atomic E-state index is 11.9. The molecule has 0 spiro atoms. The smallest absolute Gasteiger partial charge is 0.241 e. The van der Waals surface area contributed by atoms with E-state index in [1.165, 1.54) is 0 Å². The van der Waals surface area contributed by atoms with Crippen LogP contribution in [-0.2, 0) is 9.59 Å². The number of aliphatic hydroxyl groups is 1. The molecule has 2 aliphatic heterocycles. The zero-order valence-electron chi connectivity index (χ0n) is 10.3. The highest BCUT2D eigenvalue weighted by molar-refractivity contribution is 8.16. The number of β-lactam (4-membered cyclic amide) rings is 1. The first kappa shape index (κ1) is 12.2. The van der Waals surface area contributed by atoms with Gasteiger partial charge in [0, 0.05) is 11.8 Å². The highest BCUT2D eigenvalue weighted by atomic mass is 32.2. The highest BCUT2D eigenvalue weighted by Crippen LogP contribution is 2.52. The van der Waals surface area contributed by atoms with Crippen LogP contribution in [0.3, 0.4) is 0 Å². The van der Waals surface area contributed by atoms with Gasteiger partial charge in [-0.2, -0.15) is 0 Å². The number of carbonyl (C=O) groups excluding carboxylic acids is 2. The van der Waals surface area contributed by atoms with Gasteiger partial charge in [-0.15, -0.1) is 0 Å². The Hall–Kier alpha value is -0.810. The highest BCUT2D eigenvalue weighted by Gasteiger charge is 2.69. The average Bonchev–Trinajstić information content (AvgIpc) is 2.60. The third-order valence-electron chi connectivity index (χ3n) is 4.38. The number of hydrogen-bond acceptors (Lipinski definition) is 4. The fourth-order valence-electron chi connectivity index (χ4n) is 3.22. The zero-order chi connectivity index (χ0) is 12.9. The number of aliphatic hydroxyl groups excluding tert-OH is 1. The first-order valence-electron chi connectivity index (χ1n) is 6.46. The Bertz CT molecular complexity index is 436. The van der Waals surface area contributed by atoms with Gasteiger partial charge in [-0.05, 0) is 19.3 Å². The third kappa shape index (κ3) is 1.43. The van der Waals surface area contributed by atoms with Crippen molar-refractivity contribution in [3.63, 3.8) is 0 Å². The molecule has 18 heavy (non-hydrogen) atoms. The fourth-order valence-corrected chi connectivity index (χ4v) is 4.72. The predicted octanol–water partition coefficient (Wildman–Crippen LogP) is 0.850. The lowest BCUT2D eigenvalue weighted by molar-refractivity contribution is -0.139. The Morgan fingerprint density at radius 1 is 1.56 bits per heavy atom.